The summed E-state index contributed by atoms with van der Waals surface area (Å²) < 4.78 is 20.8. The topological polar surface area (TPSA) is 100 Å². The number of hydrogen-bond donors (Lipinski definition) is 1. The van der Waals surface area contributed by atoms with E-state index in [9.17, 15) is 14.4 Å². The predicted molar refractivity (Wildman–Crippen MR) is 104 cm³/mol. The fraction of sp³-hybridized carbons (Fsp3) is 0.286. The number of hydrogen-bond acceptors (Lipinski definition) is 7. The van der Waals surface area contributed by atoms with E-state index in [0.717, 1.165) is 0 Å². The standard InChI is InChI=1S/C21H21NO7/c1-26-16-5-3-15(4-6-16)22-20(24)13-29-21(25)9-7-17(23)14-2-8-18-19(12-14)28-11-10-27-18/h2-6,8,12H,7,9-11,13H2,1H3,(H,22,24). The maximum absolute atomic E-state index is 12.3. The van der Waals surface area contributed by atoms with E-state index >= 15 is 0 Å². The van der Waals surface area contributed by atoms with Crippen LogP contribution in [0.2, 0.25) is 0 Å². The Morgan fingerprint density at radius 1 is 0.966 bits per heavy atom. The number of carbonyl (C=O) groups is 3. The van der Waals surface area contributed by atoms with Gasteiger partial charge >= 0.3 is 5.97 Å². The monoisotopic (exact) mass is 399 g/mol. The minimum atomic E-state index is -0.624. The van der Waals surface area contributed by atoms with Crippen molar-refractivity contribution in [1.29, 1.82) is 0 Å². The number of fused-ring (bicyclic) bond motifs is 1. The number of ketones is 1. The van der Waals surface area contributed by atoms with Gasteiger partial charge in [-0.3, -0.25) is 14.4 Å². The van der Waals surface area contributed by atoms with Gasteiger partial charge in [-0.1, -0.05) is 0 Å². The largest absolute Gasteiger partial charge is 0.497 e. The smallest absolute Gasteiger partial charge is 0.306 e. The number of amides is 1. The highest BCUT2D eigenvalue weighted by molar-refractivity contribution is 5.98. The zero-order valence-electron chi connectivity index (χ0n) is 15.9. The highest BCUT2D eigenvalue weighted by Crippen LogP contribution is 2.31. The van der Waals surface area contributed by atoms with Gasteiger partial charge in [0.05, 0.1) is 13.5 Å². The van der Waals surface area contributed by atoms with Gasteiger partial charge in [-0.15, -0.1) is 0 Å². The van der Waals surface area contributed by atoms with Crippen LogP contribution in [-0.4, -0.2) is 44.6 Å². The molecular weight excluding hydrogens is 378 g/mol. The molecule has 0 saturated heterocycles. The molecule has 1 aliphatic heterocycles. The van der Waals surface area contributed by atoms with Gasteiger partial charge in [0, 0.05) is 17.7 Å². The molecule has 0 saturated carbocycles. The van der Waals surface area contributed by atoms with E-state index in [1.165, 1.54) is 0 Å². The molecule has 1 N–H and O–H groups in total. The summed E-state index contributed by atoms with van der Waals surface area (Å²) in [5, 5.41) is 2.60. The van der Waals surface area contributed by atoms with Gasteiger partial charge < -0.3 is 24.3 Å². The molecule has 0 radical (unpaired) electrons. The fourth-order valence-electron chi connectivity index (χ4n) is 2.67. The Bertz CT molecular complexity index is 892. The van der Waals surface area contributed by atoms with Crippen molar-refractivity contribution in [2.75, 3.05) is 32.2 Å². The molecule has 1 amide bonds. The van der Waals surface area contributed by atoms with E-state index in [2.05, 4.69) is 5.32 Å². The molecule has 29 heavy (non-hydrogen) atoms. The van der Waals surface area contributed by atoms with Gasteiger partial charge in [0.25, 0.3) is 5.91 Å². The maximum atomic E-state index is 12.3. The van der Waals surface area contributed by atoms with Crippen LogP contribution in [0.5, 0.6) is 17.2 Å². The summed E-state index contributed by atoms with van der Waals surface area (Å²) in [5.74, 6) is 0.455. The van der Waals surface area contributed by atoms with Crippen molar-refractivity contribution in [2.45, 2.75) is 12.8 Å². The first-order valence-electron chi connectivity index (χ1n) is 9.07. The molecular formula is C21H21NO7. The van der Waals surface area contributed by atoms with Crippen LogP contribution in [0.3, 0.4) is 0 Å². The SMILES string of the molecule is COc1ccc(NC(=O)COC(=O)CCC(=O)c2ccc3c(c2)OCCO3)cc1. The van der Waals surface area contributed by atoms with Gasteiger partial charge in [-0.05, 0) is 42.5 Å². The predicted octanol–water partition coefficient (Wildman–Crippen LogP) is 2.61. The van der Waals surface area contributed by atoms with Crippen molar-refractivity contribution in [3.8, 4) is 17.2 Å². The second-order valence-electron chi connectivity index (χ2n) is 6.22. The van der Waals surface area contributed by atoms with Crippen molar-refractivity contribution >= 4 is 23.3 Å². The van der Waals surface area contributed by atoms with E-state index in [4.69, 9.17) is 18.9 Å². The molecule has 0 spiro atoms. The Labute approximate surface area is 167 Å². The maximum Gasteiger partial charge on any atom is 0.306 e. The molecule has 0 unspecified atom stereocenters. The number of ether oxygens (including phenoxy) is 4. The van der Waals surface area contributed by atoms with Crippen LogP contribution in [0.15, 0.2) is 42.5 Å². The second kappa shape index (κ2) is 9.59. The third-order valence-corrected chi connectivity index (χ3v) is 4.16. The van der Waals surface area contributed by atoms with E-state index < -0.39 is 18.5 Å². The third kappa shape index (κ3) is 5.71. The molecule has 1 heterocycles. The number of nitrogens with one attached hydrogen (secondary N) is 1. The van der Waals surface area contributed by atoms with E-state index in [1.54, 1.807) is 49.6 Å². The van der Waals surface area contributed by atoms with Gasteiger partial charge in [0.2, 0.25) is 0 Å². The minimum absolute atomic E-state index is 0.0292. The average molecular weight is 399 g/mol. The van der Waals surface area contributed by atoms with Gasteiger partial charge in [-0.2, -0.15) is 0 Å². The summed E-state index contributed by atoms with van der Waals surface area (Å²) in [6.07, 6.45) is -0.151. The number of carbonyl (C=O) groups excluding carboxylic acids is 3. The molecule has 0 aliphatic carbocycles. The molecule has 0 fully saturated rings. The Kier molecular flexibility index (Phi) is 6.67. The second-order valence-corrected chi connectivity index (χ2v) is 6.22. The third-order valence-electron chi connectivity index (χ3n) is 4.16. The number of rotatable bonds is 8. The quantitative estimate of drug-likeness (QED) is 0.538. The normalized spacial score (nSPS) is 12.0. The molecule has 3 rings (SSSR count). The summed E-state index contributed by atoms with van der Waals surface area (Å²) >= 11 is 0. The van der Waals surface area contributed by atoms with Crippen molar-refractivity contribution in [3.05, 3.63) is 48.0 Å². The Hall–Kier alpha value is -3.55. The molecule has 0 aromatic heterocycles. The molecule has 152 valence electrons. The van der Waals surface area contributed by atoms with E-state index in [-0.39, 0.29) is 18.6 Å². The summed E-state index contributed by atoms with van der Waals surface area (Å²) in [5.41, 5.74) is 0.986. The van der Waals surface area contributed by atoms with Crippen molar-refractivity contribution in [2.24, 2.45) is 0 Å². The Morgan fingerprint density at radius 2 is 1.69 bits per heavy atom. The van der Waals surface area contributed by atoms with Gasteiger partial charge in [0.1, 0.15) is 19.0 Å². The molecule has 2 aromatic carbocycles. The number of esters is 1. The summed E-state index contributed by atoms with van der Waals surface area (Å²) in [7, 11) is 1.55. The zero-order chi connectivity index (χ0) is 20.6. The van der Waals surface area contributed by atoms with Crippen molar-refractivity contribution in [3.63, 3.8) is 0 Å². The Morgan fingerprint density at radius 3 is 2.41 bits per heavy atom. The Balaban J connectivity index is 1.41. The van der Waals surface area contributed by atoms with Gasteiger partial charge in [0.15, 0.2) is 23.9 Å². The molecule has 8 nitrogen and oxygen atoms in total. The van der Waals surface area contributed by atoms with Crippen molar-refractivity contribution in [1.82, 2.24) is 0 Å². The molecule has 8 heteroatoms. The van der Waals surface area contributed by atoms with Gasteiger partial charge in [-0.25, -0.2) is 0 Å². The van der Waals surface area contributed by atoms with Crippen LogP contribution < -0.4 is 19.5 Å². The zero-order valence-corrected chi connectivity index (χ0v) is 15.9. The molecule has 0 atom stereocenters. The van der Waals surface area contributed by atoms with Crippen LogP contribution in [0.25, 0.3) is 0 Å². The van der Waals surface area contributed by atoms with E-state index in [0.29, 0.717) is 41.7 Å². The number of anilines is 1. The summed E-state index contributed by atoms with van der Waals surface area (Å²) in [4.78, 5) is 36.0. The number of methoxy groups -OCH3 is 1. The fourth-order valence-corrected chi connectivity index (χ4v) is 2.67. The first-order chi connectivity index (χ1) is 14.0. The molecule has 1 aliphatic rings. The highest BCUT2D eigenvalue weighted by Gasteiger charge is 2.16. The lowest BCUT2D eigenvalue weighted by atomic mass is 10.1. The lowest BCUT2D eigenvalue weighted by molar-refractivity contribution is -0.147. The van der Waals surface area contributed by atoms with Crippen molar-refractivity contribution < 1.29 is 33.3 Å². The molecule has 2 aromatic rings. The van der Waals surface area contributed by atoms with Crippen LogP contribution in [0.1, 0.15) is 23.2 Å². The molecule has 0 bridgehead atoms. The highest BCUT2D eigenvalue weighted by atomic mass is 16.6. The minimum Gasteiger partial charge on any atom is -0.497 e. The van der Waals surface area contributed by atoms with Crippen LogP contribution >= 0.6 is 0 Å². The summed E-state index contributed by atoms with van der Waals surface area (Å²) in [6.45, 7) is 0.469. The van der Waals surface area contributed by atoms with Crippen LogP contribution in [-0.2, 0) is 14.3 Å². The summed E-state index contributed by atoms with van der Waals surface area (Å²) in [6, 6.07) is 11.6. The average Bonchev–Trinajstić information content (AvgIpc) is 2.76. The number of Topliss-reactive ketones (excluding diaryl/α,β-unsaturated/α-hetero) is 1. The lowest BCUT2D eigenvalue weighted by Crippen LogP contribution is -2.21. The first kappa shape index (κ1) is 20.2. The number of benzene rings is 2. The first-order valence-corrected chi connectivity index (χ1v) is 9.07. The lowest BCUT2D eigenvalue weighted by Gasteiger charge is -2.18. The van der Waals surface area contributed by atoms with Crippen LogP contribution in [0, 0.1) is 0 Å². The van der Waals surface area contributed by atoms with E-state index in [1.807, 2.05) is 0 Å². The van der Waals surface area contributed by atoms with Crippen LogP contribution in [0.4, 0.5) is 5.69 Å².